The van der Waals surface area contributed by atoms with E-state index >= 15 is 0 Å². The average Bonchev–Trinajstić information content (AvgIpc) is 3.91. The molecule has 2 unspecified atom stereocenters. The fourth-order valence-corrected chi connectivity index (χ4v) is 11.2. The van der Waals surface area contributed by atoms with Gasteiger partial charge in [-0.2, -0.15) is 29.9 Å². The highest BCUT2D eigenvalue weighted by atomic mass is 35.5. The van der Waals surface area contributed by atoms with Gasteiger partial charge in [0, 0.05) is 74.8 Å². The molecule has 2 saturated carbocycles. The van der Waals surface area contributed by atoms with Crippen LogP contribution in [0.15, 0.2) is 36.4 Å². The number of hydrogen-bond acceptors (Lipinski definition) is 16. The second-order valence-corrected chi connectivity index (χ2v) is 21.2. The van der Waals surface area contributed by atoms with Gasteiger partial charge in [0.1, 0.15) is 0 Å². The SMILES string of the molecule is C.C.C.CCN(CC)c1ccc(N)cc1Cl.CCN(CC)c1ccc(Nc2nc(NCC3CCCN3CC)nc(NC3CCCCCC3)n2)cc1Cl.CCN1CCCC1CN.Cl.Clc1nc(Cl)nc(Cl)n1.NC1CCCCCC1. The second-order valence-electron chi connectivity index (χ2n) is 19.3. The standard InChI is InChI=1S/C27H43ClN8.C10H15ClN2.C7H16N2.C7H15N.C3Cl3N3.3CH4.ClH/c1-4-35(5-2)24-16-15-21(18-23(24)28)31-27-33-25(29-19-22-14-11-17-36(22)6-3)32-26(34-27)30-20-12-9-7-8-10-13-20;1-3-13(4-2)10-6-5-8(12)7-9(10)11;1-2-9-5-3-4-7(9)6-8;8-7-5-3-1-2-4-6-7;4-1-7-2(5)9-3(6)8-1;;;;/h15-16,18,20,22H,4-14,17,19H2,1-3H3,(H3,29,30,31,32,33,34);5-7H,3-4,12H2,1-2H3;7H,2-6,8H2,1H3;7H,1-6,8H2;;3*1H4;1H. The summed E-state index contributed by atoms with van der Waals surface area (Å²) in [4.78, 5) is 34.0. The van der Waals surface area contributed by atoms with E-state index in [9.17, 15) is 0 Å². The first-order valence-corrected chi connectivity index (χ1v) is 29.7. The minimum Gasteiger partial charge on any atom is -0.399 e. The summed E-state index contributed by atoms with van der Waals surface area (Å²) in [7, 11) is 0. The number of likely N-dealkylation sites (tertiary alicyclic amines) is 2. The summed E-state index contributed by atoms with van der Waals surface area (Å²) in [5.41, 5.74) is 20.6. The van der Waals surface area contributed by atoms with Crippen molar-refractivity contribution in [3.05, 3.63) is 62.3 Å². The molecule has 4 fully saturated rings. The summed E-state index contributed by atoms with van der Waals surface area (Å²) in [5.74, 6) is 1.76. The van der Waals surface area contributed by atoms with Gasteiger partial charge in [0.15, 0.2) is 0 Å². The molecule has 0 bridgehead atoms. The van der Waals surface area contributed by atoms with E-state index in [0.717, 1.165) is 80.7 Å². The third-order valence-electron chi connectivity index (χ3n) is 14.2. The maximum Gasteiger partial charge on any atom is 0.233 e. The highest BCUT2D eigenvalue weighted by Gasteiger charge is 2.24. The molecule has 2 atom stereocenters. The van der Waals surface area contributed by atoms with Crippen molar-refractivity contribution < 1.29 is 0 Å². The normalized spacial score (nSPS) is 17.4. The molecule has 2 aromatic carbocycles. The Morgan fingerprint density at radius 3 is 1.44 bits per heavy atom. The van der Waals surface area contributed by atoms with Gasteiger partial charge in [-0.3, -0.25) is 9.80 Å². The number of nitrogens with zero attached hydrogens (tertiary/aromatic N) is 10. The van der Waals surface area contributed by atoms with Crippen LogP contribution in [0.25, 0.3) is 0 Å². The van der Waals surface area contributed by atoms with Gasteiger partial charge in [-0.15, -0.1) is 12.4 Å². The summed E-state index contributed by atoms with van der Waals surface area (Å²) >= 11 is 28.7. The van der Waals surface area contributed by atoms with Crippen molar-refractivity contribution in [2.45, 2.75) is 191 Å². The number of likely N-dealkylation sites (N-methyl/N-ethyl adjacent to an activating group) is 2. The number of nitrogens with two attached hydrogens (primary N) is 3. The molecule has 0 spiro atoms. The molecular formula is C57H102Cl6N16. The molecule has 4 heterocycles. The Morgan fingerprint density at radius 2 is 0.987 bits per heavy atom. The van der Waals surface area contributed by atoms with Gasteiger partial charge in [0.05, 0.1) is 21.4 Å². The highest BCUT2D eigenvalue weighted by Crippen LogP contribution is 2.31. The lowest BCUT2D eigenvalue weighted by Crippen LogP contribution is -2.35. The molecular weight excluding hydrogens is 1120 g/mol. The van der Waals surface area contributed by atoms with Gasteiger partial charge in [-0.25, -0.2) is 0 Å². The molecule has 2 saturated heterocycles. The Morgan fingerprint density at radius 1 is 0.544 bits per heavy atom. The molecule has 0 radical (unpaired) electrons. The van der Waals surface area contributed by atoms with E-state index in [1.807, 2.05) is 24.3 Å². The van der Waals surface area contributed by atoms with E-state index in [-0.39, 0.29) is 50.5 Å². The average molecular weight is 1220 g/mol. The quantitative estimate of drug-likeness (QED) is 0.0456. The Hall–Kier alpha value is -3.16. The van der Waals surface area contributed by atoms with Crippen molar-refractivity contribution in [2.24, 2.45) is 11.5 Å². The van der Waals surface area contributed by atoms with E-state index in [4.69, 9.17) is 90.2 Å². The molecule has 452 valence electrons. The topological polar surface area (TPSA) is 204 Å². The van der Waals surface area contributed by atoms with Gasteiger partial charge >= 0.3 is 0 Å². The fraction of sp³-hybridized carbons (Fsp3) is 0.684. The Labute approximate surface area is 509 Å². The lowest BCUT2D eigenvalue weighted by Gasteiger charge is -2.23. The Kier molecular flexibility index (Phi) is 40.9. The highest BCUT2D eigenvalue weighted by molar-refractivity contribution is 6.34. The van der Waals surface area contributed by atoms with Crippen LogP contribution >= 0.6 is 70.4 Å². The zero-order chi connectivity index (χ0) is 54.5. The van der Waals surface area contributed by atoms with Crippen LogP contribution in [0.3, 0.4) is 0 Å². The van der Waals surface area contributed by atoms with E-state index < -0.39 is 0 Å². The molecule has 2 aromatic heterocycles. The largest absolute Gasteiger partial charge is 0.399 e. The Bertz CT molecular complexity index is 2130. The summed E-state index contributed by atoms with van der Waals surface area (Å²) in [6.45, 7) is 23.0. The number of hydrogen-bond donors (Lipinski definition) is 6. The van der Waals surface area contributed by atoms with Gasteiger partial charge in [0.2, 0.25) is 33.7 Å². The van der Waals surface area contributed by atoms with Crippen LogP contribution in [-0.4, -0.2) is 129 Å². The predicted molar refractivity (Wildman–Crippen MR) is 349 cm³/mol. The molecule has 2 aliphatic heterocycles. The first-order valence-electron chi connectivity index (χ1n) is 27.8. The van der Waals surface area contributed by atoms with Crippen LogP contribution in [0.5, 0.6) is 0 Å². The molecule has 8 rings (SSSR count). The van der Waals surface area contributed by atoms with E-state index in [1.165, 1.54) is 110 Å². The van der Waals surface area contributed by atoms with Crippen LogP contribution < -0.4 is 43.0 Å². The smallest absolute Gasteiger partial charge is 0.233 e. The van der Waals surface area contributed by atoms with Gasteiger partial charge < -0.3 is 43.0 Å². The van der Waals surface area contributed by atoms with Crippen molar-refractivity contribution in [1.82, 2.24) is 39.7 Å². The summed E-state index contributed by atoms with van der Waals surface area (Å²) in [5, 5.41) is 11.9. The molecule has 4 aliphatic rings. The van der Waals surface area contributed by atoms with E-state index in [1.54, 1.807) is 6.07 Å². The second kappa shape index (κ2) is 42.6. The number of nitrogen functional groups attached to an aromatic ring is 1. The number of benzene rings is 2. The molecule has 16 nitrogen and oxygen atoms in total. The zero-order valence-electron chi connectivity index (χ0n) is 46.2. The summed E-state index contributed by atoms with van der Waals surface area (Å²) in [6, 6.07) is 13.8. The minimum atomic E-state index is 0. The molecule has 79 heavy (non-hydrogen) atoms. The monoisotopic (exact) mass is 1220 g/mol. The van der Waals surface area contributed by atoms with Gasteiger partial charge in [-0.05, 0) is 176 Å². The Balaban J connectivity index is 0.00000115. The van der Waals surface area contributed by atoms with Crippen LogP contribution in [0.4, 0.5) is 40.6 Å². The predicted octanol–water partition coefficient (Wildman–Crippen LogP) is 15.2. The number of anilines is 7. The maximum absolute atomic E-state index is 6.64. The third-order valence-corrected chi connectivity index (χ3v) is 15.4. The lowest BCUT2D eigenvalue weighted by molar-refractivity contribution is 0.272. The van der Waals surface area contributed by atoms with Gasteiger partial charge in [0.25, 0.3) is 0 Å². The van der Waals surface area contributed by atoms with Crippen LogP contribution in [0, 0.1) is 0 Å². The molecule has 0 amide bonds. The first-order chi connectivity index (χ1) is 36.2. The molecule has 9 N–H and O–H groups in total. The number of rotatable bonds is 16. The van der Waals surface area contributed by atoms with Gasteiger partial charge in [-0.1, -0.05) is 111 Å². The minimum absolute atomic E-state index is 0. The van der Waals surface area contributed by atoms with Crippen molar-refractivity contribution >= 4 is 111 Å². The molecule has 2 aliphatic carbocycles. The van der Waals surface area contributed by atoms with Crippen molar-refractivity contribution in [3.8, 4) is 0 Å². The number of nitrogens with one attached hydrogen (secondary N) is 3. The summed E-state index contributed by atoms with van der Waals surface area (Å²) < 4.78 is 0. The van der Waals surface area contributed by atoms with E-state index in [2.05, 4.69) is 98.1 Å². The van der Waals surface area contributed by atoms with E-state index in [0.29, 0.717) is 52.7 Å². The summed E-state index contributed by atoms with van der Waals surface area (Å²) in [6.07, 6.45) is 20.6. The van der Waals surface area contributed by atoms with Crippen molar-refractivity contribution in [3.63, 3.8) is 0 Å². The zero-order valence-corrected chi connectivity index (χ0v) is 50.8. The molecule has 22 heteroatoms. The van der Waals surface area contributed by atoms with Crippen LogP contribution in [0.1, 0.15) is 167 Å². The fourth-order valence-electron chi connectivity index (χ4n) is 10.0. The lowest BCUT2D eigenvalue weighted by atomic mass is 10.1. The van der Waals surface area contributed by atoms with Crippen LogP contribution in [0.2, 0.25) is 25.9 Å². The van der Waals surface area contributed by atoms with Crippen molar-refractivity contribution in [1.29, 1.82) is 0 Å². The maximum atomic E-state index is 6.64. The first kappa shape index (κ1) is 75.8. The third kappa shape index (κ3) is 27.6. The number of aromatic nitrogens is 6. The van der Waals surface area contributed by atoms with Crippen LogP contribution in [-0.2, 0) is 0 Å². The van der Waals surface area contributed by atoms with Crippen molar-refractivity contribution in [2.75, 3.05) is 96.9 Å². The number of halogens is 6. The molecule has 4 aromatic rings.